The predicted molar refractivity (Wildman–Crippen MR) is 174 cm³/mol. The quantitative estimate of drug-likeness (QED) is 0.154. The van der Waals surface area contributed by atoms with Crippen LogP contribution < -0.4 is 16.4 Å². The van der Waals surface area contributed by atoms with Gasteiger partial charge >= 0.3 is 0 Å². The minimum Gasteiger partial charge on any atom is -0.434 e. The first-order chi connectivity index (χ1) is 22.4. The number of ketones is 1. The summed E-state index contributed by atoms with van der Waals surface area (Å²) in [5, 5.41) is 6.94. The zero-order chi connectivity index (χ0) is 32.0. The highest BCUT2D eigenvalue weighted by atomic mass is 35.5. The summed E-state index contributed by atoms with van der Waals surface area (Å²) in [4.78, 5) is 47.7. The summed E-state index contributed by atoms with van der Waals surface area (Å²) >= 11 is 6.04. The van der Waals surface area contributed by atoms with E-state index in [0.29, 0.717) is 67.9 Å². The molecule has 4 aromatic rings. The van der Waals surface area contributed by atoms with Gasteiger partial charge in [0.25, 0.3) is 5.89 Å². The highest BCUT2D eigenvalue weighted by Gasteiger charge is 2.43. The molecule has 0 unspecified atom stereocenters. The van der Waals surface area contributed by atoms with E-state index < -0.39 is 29.8 Å². The Morgan fingerprint density at radius 3 is 2.59 bits per heavy atom. The van der Waals surface area contributed by atoms with Gasteiger partial charge in [0.2, 0.25) is 17.6 Å². The van der Waals surface area contributed by atoms with Crippen LogP contribution >= 0.6 is 11.6 Å². The Balaban J connectivity index is 1.21. The van der Waals surface area contributed by atoms with E-state index in [4.69, 9.17) is 26.5 Å². The van der Waals surface area contributed by atoms with Crippen molar-refractivity contribution in [2.45, 2.75) is 69.5 Å². The van der Waals surface area contributed by atoms with Crippen molar-refractivity contribution in [3.05, 3.63) is 100 Å². The van der Waals surface area contributed by atoms with Crippen molar-refractivity contribution in [2.75, 3.05) is 13.1 Å². The number of carbonyl (C=O) groups is 3. The van der Waals surface area contributed by atoms with Crippen molar-refractivity contribution in [3.8, 4) is 0 Å². The normalized spacial score (nSPS) is 20.0. The second-order valence-corrected chi connectivity index (χ2v) is 12.3. The number of hydrogen-bond acceptors (Lipinski definition) is 8. The number of benzene rings is 3. The van der Waals surface area contributed by atoms with Crippen LogP contribution in [0.25, 0.3) is 11.1 Å². The van der Waals surface area contributed by atoms with Crippen LogP contribution in [0.15, 0.2) is 77.2 Å². The van der Waals surface area contributed by atoms with Gasteiger partial charge in [-0.25, -0.2) is 4.98 Å². The third-order valence-electron chi connectivity index (χ3n) is 8.71. The fourth-order valence-corrected chi connectivity index (χ4v) is 6.32. The zero-order valence-corrected chi connectivity index (χ0v) is 26.2. The zero-order valence-electron chi connectivity index (χ0n) is 25.5. The minimum atomic E-state index is -0.891. The van der Waals surface area contributed by atoms with Gasteiger partial charge in [0, 0.05) is 24.5 Å². The summed E-state index contributed by atoms with van der Waals surface area (Å²) in [6.07, 6.45) is 2.11. The third-order valence-corrected chi connectivity index (χ3v) is 8.96. The molecule has 0 aliphatic carbocycles. The standard InChI is InChI=1S/C35H38ClN5O5/c36-25-14-12-22(13-15-25)21-45-26-18-30(41(20-26)35(44)29-17-23-7-1-2-8-24(23)19-38-29)33(43)39-28(10-5-6-16-37)32(42)34-40-27-9-3-4-11-31(27)46-34/h1-4,7-9,11-15,26,28-30,38H,5-6,10,16-21,37H2,(H,39,43)/t26-,28+,29-,30+/m1/s1. The molecule has 3 aromatic carbocycles. The molecule has 2 aliphatic heterocycles. The van der Waals surface area contributed by atoms with Crippen molar-refractivity contribution in [2.24, 2.45) is 5.73 Å². The number of ether oxygens (including phenoxy) is 1. The molecule has 0 spiro atoms. The van der Waals surface area contributed by atoms with Crippen LogP contribution in [0.2, 0.25) is 5.02 Å². The number of carbonyl (C=O) groups excluding carboxylic acids is 3. The number of nitrogens with one attached hydrogen (secondary N) is 2. The van der Waals surface area contributed by atoms with E-state index in [1.807, 2.05) is 36.4 Å². The molecule has 11 heteroatoms. The van der Waals surface area contributed by atoms with Gasteiger partial charge in [-0.3, -0.25) is 14.4 Å². The first kappa shape index (κ1) is 31.9. The van der Waals surface area contributed by atoms with Gasteiger partial charge in [0.15, 0.2) is 5.58 Å². The number of nitrogens with two attached hydrogens (primary N) is 1. The summed E-state index contributed by atoms with van der Waals surface area (Å²) in [5.74, 6) is -1.06. The monoisotopic (exact) mass is 643 g/mol. The Hall–Kier alpha value is -4.09. The van der Waals surface area contributed by atoms with Gasteiger partial charge in [0.05, 0.1) is 24.8 Å². The Morgan fingerprint density at radius 2 is 1.80 bits per heavy atom. The first-order valence-electron chi connectivity index (χ1n) is 15.8. The van der Waals surface area contributed by atoms with Crippen LogP contribution in [0, 0.1) is 0 Å². The number of oxazole rings is 1. The molecule has 46 heavy (non-hydrogen) atoms. The van der Waals surface area contributed by atoms with Crippen LogP contribution in [0.1, 0.15) is 53.1 Å². The van der Waals surface area contributed by atoms with Gasteiger partial charge in [-0.05, 0) is 73.2 Å². The molecule has 240 valence electrons. The van der Waals surface area contributed by atoms with Crippen LogP contribution in [0.5, 0.6) is 0 Å². The number of likely N-dealkylation sites (tertiary alicyclic amines) is 1. The van der Waals surface area contributed by atoms with Gasteiger partial charge in [-0.1, -0.05) is 60.1 Å². The Kier molecular flexibility index (Phi) is 10.1. The number of halogens is 1. The largest absolute Gasteiger partial charge is 0.434 e. The van der Waals surface area contributed by atoms with Crippen LogP contribution in [0.3, 0.4) is 0 Å². The number of fused-ring (bicyclic) bond motifs is 2. The van der Waals surface area contributed by atoms with E-state index in [-0.39, 0.29) is 24.4 Å². The van der Waals surface area contributed by atoms with E-state index in [1.54, 1.807) is 35.2 Å². The van der Waals surface area contributed by atoms with E-state index in [9.17, 15) is 14.4 Å². The van der Waals surface area contributed by atoms with Gasteiger partial charge in [-0.2, -0.15) is 0 Å². The Morgan fingerprint density at radius 1 is 1.04 bits per heavy atom. The van der Waals surface area contributed by atoms with E-state index in [1.165, 1.54) is 0 Å². The van der Waals surface area contributed by atoms with Crippen molar-refractivity contribution in [1.82, 2.24) is 20.5 Å². The second-order valence-electron chi connectivity index (χ2n) is 11.9. The number of rotatable bonds is 12. The van der Waals surface area contributed by atoms with Gasteiger partial charge in [0.1, 0.15) is 11.6 Å². The van der Waals surface area contributed by atoms with Crippen LogP contribution in [0.4, 0.5) is 0 Å². The summed E-state index contributed by atoms with van der Waals surface area (Å²) in [6, 6.07) is 20.3. The lowest BCUT2D eigenvalue weighted by Gasteiger charge is -2.32. The number of para-hydroxylation sites is 2. The summed E-state index contributed by atoms with van der Waals surface area (Å²) in [7, 11) is 0. The molecule has 6 rings (SSSR count). The molecule has 4 atom stereocenters. The Labute approximate surface area is 272 Å². The predicted octanol–water partition coefficient (Wildman–Crippen LogP) is 4.18. The third kappa shape index (κ3) is 7.31. The van der Waals surface area contributed by atoms with Crippen molar-refractivity contribution in [1.29, 1.82) is 0 Å². The molecular formula is C35H38ClN5O5. The topological polar surface area (TPSA) is 140 Å². The van der Waals surface area contributed by atoms with E-state index >= 15 is 0 Å². The SMILES string of the molecule is NCCCC[C@H](NC(=O)[C@@H]1C[C@@H](OCc2ccc(Cl)cc2)CN1C(=O)[C@H]1Cc2ccccc2CN1)C(=O)c1nc2ccccc2o1. The number of unbranched alkanes of at least 4 members (excludes halogenated alkanes) is 1. The summed E-state index contributed by atoms with van der Waals surface area (Å²) < 4.78 is 12.0. The average Bonchev–Trinajstić information content (AvgIpc) is 3.72. The molecule has 1 aromatic heterocycles. The molecule has 3 heterocycles. The maximum atomic E-state index is 14.0. The maximum Gasteiger partial charge on any atom is 0.266 e. The van der Waals surface area contributed by atoms with Crippen molar-refractivity contribution < 1.29 is 23.5 Å². The highest BCUT2D eigenvalue weighted by Crippen LogP contribution is 2.26. The summed E-state index contributed by atoms with van der Waals surface area (Å²) in [6.45, 7) is 1.59. The molecular weight excluding hydrogens is 606 g/mol. The fourth-order valence-electron chi connectivity index (χ4n) is 6.19. The molecule has 0 saturated carbocycles. The van der Waals surface area contributed by atoms with E-state index in [2.05, 4.69) is 21.7 Å². The lowest BCUT2D eigenvalue weighted by Crippen LogP contribution is -2.55. The number of aromatic nitrogens is 1. The molecule has 0 radical (unpaired) electrons. The maximum absolute atomic E-state index is 14.0. The molecule has 2 aliphatic rings. The number of hydrogen-bond donors (Lipinski definition) is 3. The smallest absolute Gasteiger partial charge is 0.266 e. The number of nitrogens with zero attached hydrogens (tertiary/aromatic N) is 2. The van der Waals surface area contributed by atoms with Crippen LogP contribution in [-0.2, 0) is 33.9 Å². The number of amides is 2. The lowest BCUT2D eigenvalue weighted by atomic mass is 9.95. The Bertz CT molecular complexity index is 1660. The minimum absolute atomic E-state index is 0.0622. The summed E-state index contributed by atoms with van der Waals surface area (Å²) in [5.41, 5.74) is 9.98. The molecule has 1 fully saturated rings. The molecule has 1 saturated heterocycles. The molecule has 4 N–H and O–H groups in total. The lowest BCUT2D eigenvalue weighted by molar-refractivity contribution is -0.140. The van der Waals surface area contributed by atoms with Crippen molar-refractivity contribution >= 4 is 40.3 Å². The molecule has 2 amide bonds. The number of Topliss-reactive ketones (excluding diaryl/α,β-unsaturated/α-hetero) is 1. The molecule has 0 bridgehead atoms. The van der Waals surface area contributed by atoms with Gasteiger partial charge in [-0.15, -0.1) is 0 Å². The van der Waals surface area contributed by atoms with Crippen LogP contribution in [-0.4, -0.2) is 64.8 Å². The molecule has 10 nitrogen and oxygen atoms in total. The van der Waals surface area contributed by atoms with Gasteiger partial charge < -0.3 is 30.4 Å². The average molecular weight is 644 g/mol. The first-order valence-corrected chi connectivity index (χ1v) is 16.1. The van der Waals surface area contributed by atoms with E-state index in [0.717, 1.165) is 16.7 Å². The second kappa shape index (κ2) is 14.6. The van der Waals surface area contributed by atoms with Crippen molar-refractivity contribution in [3.63, 3.8) is 0 Å². The fraction of sp³-hybridized carbons (Fsp3) is 0.371. The highest BCUT2D eigenvalue weighted by molar-refractivity contribution is 6.30.